The molecule has 0 atom stereocenters. The van der Waals surface area contributed by atoms with Crippen molar-refractivity contribution in [3.63, 3.8) is 0 Å². The summed E-state index contributed by atoms with van der Waals surface area (Å²) in [4.78, 5) is 4.09. The number of nitrogens with zero attached hydrogens (tertiary/aromatic N) is 1. The van der Waals surface area contributed by atoms with Gasteiger partial charge in [0.05, 0.1) is 5.52 Å². The lowest BCUT2D eigenvalue weighted by Crippen LogP contribution is -1.74. The predicted octanol–water partition coefficient (Wildman–Crippen LogP) is 1.84. The van der Waals surface area contributed by atoms with Gasteiger partial charge in [0.1, 0.15) is 0 Å². The average molecular weight is 127 g/mol. The summed E-state index contributed by atoms with van der Waals surface area (Å²) in [5, 5.41) is 1.02. The van der Waals surface area contributed by atoms with Crippen LogP contribution in [0.2, 0.25) is 0 Å². The molecule has 0 aliphatic heterocycles. The number of fused-ring (bicyclic) bond motifs is 1. The monoisotopic (exact) mass is 127 g/mol. The molecule has 10 heavy (non-hydrogen) atoms. The first kappa shape index (κ1) is 5.42. The van der Waals surface area contributed by atoms with E-state index in [0.29, 0.717) is 0 Å². The van der Waals surface area contributed by atoms with Crippen LogP contribution >= 0.6 is 0 Å². The van der Waals surface area contributed by atoms with Gasteiger partial charge in [-0.05, 0) is 12.1 Å². The van der Waals surface area contributed by atoms with Gasteiger partial charge in [-0.2, -0.15) is 0 Å². The summed E-state index contributed by atoms with van der Waals surface area (Å²) < 4.78 is 0. The zero-order valence-electron chi connectivity index (χ0n) is 5.33. The van der Waals surface area contributed by atoms with Crippen molar-refractivity contribution in [2.45, 2.75) is 0 Å². The van der Waals surface area contributed by atoms with E-state index in [2.05, 4.69) is 17.1 Å². The van der Waals surface area contributed by atoms with E-state index in [1.807, 2.05) is 18.2 Å². The lowest BCUT2D eigenvalue weighted by atomic mass is 10.2. The van der Waals surface area contributed by atoms with Gasteiger partial charge in [-0.1, -0.05) is 18.2 Å². The SMILES string of the molecule is [c]1ccnc2[c]cccc12. The topological polar surface area (TPSA) is 12.9 Å². The molecule has 0 aliphatic rings. The first-order chi connectivity index (χ1) is 4.97. The van der Waals surface area contributed by atoms with Crippen LogP contribution in [0.1, 0.15) is 0 Å². The van der Waals surface area contributed by atoms with Gasteiger partial charge in [0.2, 0.25) is 0 Å². The van der Waals surface area contributed by atoms with E-state index < -0.39 is 0 Å². The fourth-order valence-corrected chi connectivity index (χ4v) is 0.890. The van der Waals surface area contributed by atoms with Crippen molar-refractivity contribution in [2.24, 2.45) is 0 Å². The van der Waals surface area contributed by atoms with Crippen LogP contribution in [0.3, 0.4) is 0 Å². The Morgan fingerprint density at radius 2 is 2.20 bits per heavy atom. The molecule has 46 valence electrons. The molecule has 0 bridgehead atoms. The summed E-state index contributed by atoms with van der Waals surface area (Å²) in [6.45, 7) is 0. The van der Waals surface area contributed by atoms with Crippen LogP contribution in [-0.2, 0) is 0 Å². The van der Waals surface area contributed by atoms with E-state index in [0.717, 1.165) is 10.9 Å². The third-order valence-corrected chi connectivity index (χ3v) is 1.35. The highest BCUT2D eigenvalue weighted by molar-refractivity contribution is 5.76. The summed E-state index contributed by atoms with van der Waals surface area (Å²) in [5.41, 5.74) is 0.880. The van der Waals surface area contributed by atoms with Crippen molar-refractivity contribution in [2.75, 3.05) is 0 Å². The lowest BCUT2D eigenvalue weighted by molar-refractivity contribution is 1.41. The Kier molecular flexibility index (Phi) is 1.14. The standard InChI is InChI=1S/C9H5N/c1-2-6-9-8(4-1)5-3-7-10-9/h1-4,7H. The van der Waals surface area contributed by atoms with E-state index in [1.165, 1.54) is 0 Å². The van der Waals surface area contributed by atoms with Crippen molar-refractivity contribution in [1.82, 2.24) is 4.98 Å². The molecule has 0 N–H and O–H groups in total. The van der Waals surface area contributed by atoms with Crippen molar-refractivity contribution < 1.29 is 0 Å². The molecule has 0 aliphatic carbocycles. The third-order valence-electron chi connectivity index (χ3n) is 1.35. The molecule has 0 fully saturated rings. The Morgan fingerprint density at radius 3 is 3.10 bits per heavy atom. The maximum atomic E-state index is 4.09. The normalized spacial score (nSPS) is 10.0. The molecule has 0 unspecified atom stereocenters. The highest BCUT2D eigenvalue weighted by Crippen LogP contribution is 2.06. The van der Waals surface area contributed by atoms with E-state index >= 15 is 0 Å². The number of aromatic nitrogens is 1. The van der Waals surface area contributed by atoms with E-state index in [-0.39, 0.29) is 0 Å². The summed E-state index contributed by atoms with van der Waals surface area (Å²) in [5.74, 6) is 0. The lowest BCUT2D eigenvalue weighted by Gasteiger charge is -1.90. The Bertz CT molecular complexity index is 276. The minimum Gasteiger partial charge on any atom is -0.256 e. The molecule has 2 rings (SSSR count). The molecule has 0 saturated heterocycles. The second-order valence-corrected chi connectivity index (χ2v) is 2.02. The van der Waals surface area contributed by atoms with E-state index in [4.69, 9.17) is 0 Å². The number of para-hydroxylation sites is 1. The van der Waals surface area contributed by atoms with Crippen LogP contribution in [0.25, 0.3) is 10.9 Å². The van der Waals surface area contributed by atoms with Crippen LogP contribution < -0.4 is 0 Å². The Balaban J connectivity index is 2.89. The molecule has 1 aromatic carbocycles. The average Bonchev–Trinajstić information content (AvgIpc) is 2.05. The van der Waals surface area contributed by atoms with Gasteiger partial charge in [-0.15, -0.1) is 0 Å². The number of hydrogen-bond acceptors (Lipinski definition) is 1. The Labute approximate surface area is 59.3 Å². The highest BCUT2D eigenvalue weighted by Gasteiger charge is 1.87. The molecular weight excluding hydrogens is 122 g/mol. The molecule has 2 radical (unpaired) electrons. The molecule has 0 spiro atoms. The van der Waals surface area contributed by atoms with Crippen molar-refractivity contribution in [3.05, 3.63) is 42.6 Å². The highest BCUT2D eigenvalue weighted by atomic mass is 14.6. The number of rotatable bonds is 0. The van der Waals surface area contributed by atoms with Crippen LogP contribution in [0.5, 0.6) is 0 Å². The molecule has 1 nitrogen and oxygen atoms in total. The Hall–Kier alpha value is -1.37. The van der Waals surface area contributed by atoms with Crippen molar-refractivity contribution in [3.8, 4) is 0 Å². The van der Waals surface area contributed by atoms with E-state index in [9.17, 15) is 0 Å². The largest absolute Gasteiger partial charge is 0.256 e. The molecule has 2 aromatic rings. The second-order valence-electron chi connectivity index (χ2n) is 2.02. The molecule has 1 heterocycles. The maximum absolute atomic E-state index is 4.09. The summed E-state index contributed by atoms with van der Waals surface area (Å²) >= 11 is 0. The van der Waals surface area contributed by atoms with Gasteiger partial charge >= 0.3 is 0 Å². The van der Waals surface area contributed by atoms with Crippen LogP contribution in [0.15, 0.2) is 30.5 Å². The number of hydrogen-bond donors (Lipinski definition) is 0. The molecule has 0 amide bonds. The van der Waals surface area contributed by atoms with Crippen LogP contribution in [-0.4, -0.2) is 4.98 Å². The summed E-state index contributed by atoms with van der Waals surface area (Å²) in [7, 11) is 0. The first-order valence-corrected chi connectivity index (χ1v) is 3.10. The minimum atomic E-state index is 0.880. The van der Waals surface area contributed by atoms with Gasteiger partial charge < -0.3 is 0 Å². The maximum Gasteiger partial charge on any atom is 0.0787 e. The van der Waals surface area contributed by atoms with Gasteiger partial charge in [0.15, 0.2) is 0 Å². The number of benzene rings is 1. The van der Waals surface area contributed by atoms with Gasteiger partial charge in [0.25, 0.3) is 0 Å². The Morgan fingerprint density at radius 1 is 1.20 bits per heavy atom. The fourth-order valence-electron chi connectivity index (χ4n) is 0.890. The number of pyridine rings is 1. The first-order valence-electron chi connectivity index (χ1n) is 3.10. The molecular formula is C9H5N. The fraction of sp³-hybridized carbons (Fsp3) is 0. The van der Waals surface area contributed by atoms with E-state index in [1.54, 1.807) is 12.3 Å². The van der Waals surface area contributed by atoms with Crippen LogP contribution in [0, 0.1) is 12.1 Å². The van der Waals surface area contributed by atoms with Crippen molar-refractivity contribution >= 4 is 10.9 Å². The zero-order valence-corrected chi connectivity index (χ0v) is 5.33. The van der Waals surface area contributed by atoms with Gasteiger partial charge in [0, 0.05) is 17.6 Å². The molecule has 1 heteroatoms. The van der Waals surface area contributed by atoms with Gasteiger partial charge in [-0.3, -0.25) is 4.98 Å². The third kappa shape index (κ3) is 0.760. The zero-order chi connectivity index (χ0) is 6.81. The van der Waals surface area contributed by atoms with Crippen LogP contribution in [0.4, 0.5) is 0 Å². The molecule has 0 saturated carbocycles. The quantitative estimate of drug-likeness (QED) is 0.526. The smallest absolute Gasteiger partial charge is 0.0787 e. The van der Waals surface area contributed by atoms with Gasteiger partial charge in [-0.25, -0.2) is 0 Å². The summed E-state index contributed by atoms with van der Waals surface area (Å²) in [6.07, 6.45) is 1.72. The summed E-state index contributed by atoms with van der Waals surface area (Å²) in [6, 6.07) is 13.6. The van der Waals surface area contributed by atoms with Crippen molar-refractivity contribution in [1.29, 1.82) is 0 Å². The minimum absolute atomic E-state index is 0.880. The second kappa shape index (κ2) is 2.10. The molecule has 1 aromatic heterocycles. The predicted molar refractivity (Wildman–Crippen MR) is 39.4 cm³/mol.